The number of benzene rings is 2. The largest absolute Gasteiger partial charge is 0.325 e. The van der Waals surface area contributed by atoms with Gasteiger partial charge in [-0.25, -0.2) is 4.98 Å². The molecule has 136 valence electrons. The van der Waals surface area contributed by atoms with Crippen LogP contribution in [0.5, 0.6) is 0 Å². The molecule has 3 aromatic rings. The van der Waals surface area contributed by atoms with Crippen LogP contribution < -0.4 is 0 Å². The number of hydrogen-bond acceptors (Lipinski definition) is 3. The van der Waals surface area contributed by atoms with E-state index in [1.807, 2.05) is 24.4 Å². The molecule has 3 nitrogen and oxygen atoms in total. The SMILES string of the molecule is Cc1ncc2n1C(c1ccc(C#N)c(Sc3ccc(Cl)cc3Cl)c1)CCC2. The van der Waals surface area contributed by atoms with Gasteiger partial charge in [0.1, 0.15) is 11.9 Å². The Morgan fingerprint density at radius 2 is 2.04 bits per heavy atom. The van der Waals surface area contributed by atoms with E-state index in [0.29, 0.717) is 15.6 Å². The molecular weight excluding hydrogens is 397 g/mol. The first-order valence-corrected chi connectivity index (χ1v) is 10.3. The lowest BCUT2D eigenvalue weighted by Gasteiger charge is -2.27. The summed E-state index contributed by atoms with van der Waals surface area (Å²) in [6.45, 7) is 2.05. The summed E-state index contributed by atoms with van der Waals surface area (Å²) in [5.41, 5.74) is 3.12. The van der Waals surface area contributed by atoms with E-state index in [1.165, 1.54) is 23.0 Å². The van der Waals surface area contributed by atoms with Crippen LogP contribution in [-0.2, 0) is 6.42 Å². The molecule has 1 unspecified atom stereocenters. The second kappa shape index (κ2) is 7.59. The molecule has 0 radical (unpaired) electrons. The molecular formula is C21H17Cl2N3S. The number of halogens is 2. The van der Waals surface area contributed by atoms with Crippen molar-refractivity contribution in [1.82, 2.24) is 9.55 Å². The molecule has 0 aliphatic carbocycles. The van der Waals surface area contributed by atoms with Crippen molar-refractivity contribution in [3.8, 4) is 6.07 Å². The monoisotopic (exact) mass is 413 g/mol. The number of imidazole rings is 1. The van der Waals surface area contributed by atoms with Crippen molar-refractivity contribution < 1.29 is 0 Å². The molecule has 1 aromatic heterocycles. The van der Waals surface area contributed by atoms with Gasteiger partial charge >= 0.3 is 0 Å². The maximum absolute atomic E-state index is 9.55. The normalized spacial score (nSPS) is 16.0. The Kier molecular flexibility index (Phi) is 5.19. The molecule has 6 heteroatoms. The molecule has 2 heterocycles. The third-order valence-corrected chi connectivity index (χ3v) is 6.70. The molecule has 2 aromatic carbocycles. The van der Waals surface area contributed by atoms with Gasteiger partial charge in [0.2, 0.25) is 0 Å². The summed E-state index contributed by atoms with van der Waals surface area (Å²) in [5.74, 6) is 1.04. The van der Waals surface area contributed by atoms with E-state index >= 15 is 0 Å². The van der Waals surface area contributed by atoms with Gasteiger partial charge in [0.15, 0.2) is 0 Å². The smallest absolute Gasteiger partial charge is 0.106 e. The quantitative estimate of drug-likeness (QED) is 0.495. The lowest BCUT2D eigenvalue weighted by Crippen LogP contribution is -2.19. The van der Waals surface area contributed by atoms with Crippen molar-refractivity contribution in [2.75, 3.05) is 0 Å². The number of aromatic nitrogens is 2. The average molecular weight is 414 g/mol. The fraction of sp³-hybridized carbons (Fsp3) is 0.238. The number of hydrogen-bond donors (Lipinski definition) is 0. The summed E-state index contributed by atoms with van der Waals surface area (Å²) in [6.07, 6.45) is 5.26. The molecule has 4 rings (SSSR count). The van der Waals surface area contributed by atoms with E-state index in [1.54, 1.807) is 6.07 Å². The second-order valence-corrected chi connectivity index (χ2v) is 8.55. The van der Waals surface area contributed by atoms with Crippen LogP contribution in [0, 0.1) is 18.3 Å². The number of nitriles is 1. The minimum atomic E-state index is 0.254. The van der Waals surface area contributed by atoms with Gasteiger partial charge in [0.25, 0.3) is 0 Å². The van der Waals surface area contributed by atoms with Crippen LogP contribution in [0.2, 0.25) is 10.0 Å². The molecule has 0 amide bonds. The zero-order valence-corrected chi connectivity index (χ0v) is 17.1. The number of fused-ring (bicyclic) bond motifs is 1. The van der Waals surface area contributed by atoms with Crippen LogP contribution in [0.4, 0.5) is 0 Å². The average Bonchev–Trinajstić information content (AvgIpc) is 3.05. The zero-order chi connectivity index (χ0) is 19.0. The van der Waals surface area contributed by atoms with E-state index in [4.69, 9.17) is 23.2 Å². The fourth-order valence-electron chi connectivity index (χ4n) is 3.63. The number of nitrogens with zero attached hydrogens (tertiary/aromatic N) is 3. The molecule has 0 saturated carbocycles. The Bertz CT molecular complexity index is 1050. The standard InChI is InChI=1S/C21H17Cl2N3S/c1-13-25-12-17-3-2-4-19(26(13)17)14-5-6-15(11-24)21(9-14)27-20-8-7-16(22)10-18(20)23/h5-10,12,19H,2-4H2,1H3. The predicted molar refractivity (Wildman–Crippen MR) is 110 cm³/mol. The van der Waals surface area contributed by atoms with Gasteiger partial charge in [-0.1, -0.05) is 41.0 Å². The molecule has 0 bridgehead atoms. The van der Waals surface area contributed by atoms with E-state index in [9.17, 15) is 5.26 Å². The van der Waals surface area contributed by atoms with Crippen molar-refractivity contribution in [2.24, 2.45) is 0 Å². The van der Waals surface area contributed by atoms with E-state index in [2.05, 4.69) is 34.7 Å². The Balaban J connectivity index is 1.74. The minimum Gasteiger partial charge on any atom is -0.325 e. The summed E-state index contributed by atoms with van der Waals surface area (Å²) < 4.78 is 2.33. The lowest BCUT2D eigenvalue weighted by molar-refractivity contribution is 0.449. The summed E-state index contributed by atoms with van der Waals surface area (Å²) >= 11 is 13.8. The highest BCUT2D eigenvalue weighted by atomic mass is 35.5. The van der Waals surface area contributed by atoms with Crippen molar-refractivity contribution in [1.29, 1.82) is 5.26 Å². The Labute approximate surface area is 172 Å². The molecule has 1 aliphatic heterocycles. The number of rotatable bonds is 3. The molecule has 27 heavy (non-hydrogen) atoms. The van der Waals surface area contributed by atoms with Crippen LogP contribution in [0.15, 0.2) is 52.4 Å². The zero-order valence-electron chi connectivity index (χ0n) is 14.7. The number of aryl methyl sites for hydroxylation is 2. The van der Waals surface area contributed by atoms with E-state index in [-0.39, 0.29) is 6.04 Å². The molecule has 1 aliphatic rings. The lowest BCUT2D eigenvalue weighted by atomic mass is 9.95. The Morgan fingerprint density at radius 3 is 2.81 bits per heavy atom. The minimum absolute atomic E-state index is 0.254. The molecule has 1 atom stereocenters. The first-order chi connectivity index (χ1) is 13.1. The Hall–Kier alpha value is -1.93. The van der Waals surface area contributed by atoms with E-state index < -0.39 is 0 Å². The highest BCUT2D eigenvalue weighted by molar-refractivity contribution is 7.99. The van der Waals surface area contributed by atoms with Gasteiger partial charge in [-0.3, -0.25) is 0 Å². The van der Waals surface area contributed by atoms with Crippen LogP contribution in [0.1, 0.15) is 41.5 Å². The van der Waals surface area contributed by atoms with Crippen molar-refractivity contribution in [3.63, 3.8) is 0 Å². The third kappa shape index (κ3) is 3.60. The van der Waals surface area contributed by atoms with Gasteiger partial charge in [-0.2, -0.15) is 5.26 Å². The highest BCUT2D eigenvalue weighted by Gasteiger charge is 2.24. The van der Waals surface area contributed by atoms with Crippen molar-refractivity contribution in [2.45, 2.75) is 42.0 Å². The van der Waals surface area contributed by atoms with Gasteiger partial charge < -0.3 is 4.57 Å². The van der Waals surface area contributed by atoms with Gasteiger partial charge in [-0.05, 0) is 62.1 Å². The molecule has 0 N–H and O–H groups in total. The summed E-state index contributed by atoms with van der Waals surface area (Å²) in [6, 6.07) is 14.1. The topological polar surface area (TPSA) is 41.6 Å². The maximum atomic E-state index is 9.55. The summed E-state index contributed by atoms with van der Waals surface area (Å²) in [7, 11) is 0. The van der Waals surface area contributed by atoms with Gasteiger partial charge in [0.05, 0.1) is 16.6 Å². The molecule has 0 spiro atoms. The van der Waals surface area contributed by atoms with Crippen molar-refractivity contribution >= 4 is 35.0 Å². The van der Waals surface area contributed by atoms with Crippen LogP contribution >= 0.6 is 35.0 Å². The molecule has 0 fully saturated rings. The van der Waals surface area contributed by atoms with Crippen LogP contribution in [0.25, 0.3) is 0 Å². The molecule has 0 saturated heterocycles. The van der Waals surface area contributed by atoms with Crippen LogP contribution in [0.3, 0.4) is 0 Å². The first-order valence-electron chi connectivity index (χ1n) is 8.76. The summed E-state index contributed by atoms with van der Waals surface area (Å²) in [5, 5.41) is 10.7. The maximum Gasteiger partial charge on any atom is 0.106 e. The first kappa shape index (κ1) is 18.4. The third-order valence-electron chi connectivity index (χ3n) is 4.91. The fourth-order valence-corrected chi connectivity index (χ4v) is 5.10. The highest BCUT2D eigenvalue weighted by Crippen LogP contribution is 2.39. The summed E-state index contributed by atoms with van der Waals surface area (Å²) in [4.78, 5) is 6.29. The van der Waals surface area contributed by atoms with E-state index in [0.717, 1.165) is 34.9 Å². The van der Waals surface area contributed by atoms with Crippen LogP contribution in [-0.4, -0.2) is 9.55 Å². The van der Waals surface area contributed by atoms with Crippen molar-refractivity contribution in [3.05, 3.63) is 75.3 Å². The van der Waals surface area contributed by atoms with Gasteiger partial charge in [0, 0.05) is 26.7 Å². The van der Waals surface area contributed by atoms with Gasteiger partial charge in [-0.15, -0.1) is 0 Å². The predicted octanol–water partition coefficient (Wildman–Crippen LogP) is 6.45. The Morgan fingerprint density at radius 1 is 1.19 bits per heavy atom. The second-order valence-electron chi connectivity index (χ2n) is 6.62.